The van der Waals surface area contributed by atoms with Gasteiger partial charge in [0.2, 0.25) is 0 Å². The number of hydrogen-bond donors (Lipinski definition) is 0. The van der Waals surface area contributed by atoms with E-state index >= 15 is 0 Å². The molecule has 0 aliphatic rings. The minimum absolute atomic E-state index is 0.516. The maximum atomic E-state index is 5.64. The van der Waals surface area contributed by atoms with E-state index in [0.29, 0.717) is 11.9 Å². The zero-order chi connectivity index (χ0) is 11.0. The molecule has 1 heterocycles. The van der Waals surface area contributed by atoms with Crippen LogP contribution >= 0.6 is 0 Å². The number of aromatic nitrogens is 1. The Kier molecular flexibility index (Phi) is 2.39. The minimum Gasteiger partial charge on any atom is -0.423 e. The Balaban J connectivity index is 2.52. The molecule has 0 amide bonds. The molecule has 0 unspecified atom stereocenters. The summed E-state index contributed by atoms with van der Waals surface area (Å²) in [4.78, 5) is 6.24. The molecule has 2 aromatic rings. The third-order valence-corrected chi connectivity index (χ3v) is 2.45. The van der Waals surface area contributed by atoms with Crippen LogP contribution in [-0.2, 0) is 0 Å². The summed E-state index contributed by atoms with van der Waals surface area (Å²) >= 11 is 0. The lowest BCUT2D eigenvalue weighted by molar-refractivity contribution is 0.596. The van der Waals surface area contributed by atoms with Crippen LogP contribution in [0.5, 0.6) is 0 Å². The van der Waals surface area contributed by atoms with Crippen LogP contribution in [-0.4, -0.2) is 19.1 Å². The van der Waals surface area contributed by atoms with Crippen LogP contribution in [0.1, 0.15) is 25.3 Å². The lowest BCUT2D eigenvalue weighted by atomic mass is 10.0. The number of fused-ring (bicyclic) bond motifs is 1. The van der Waals surface area contributed by atoms with Crippen LogP contribution in [0, 0.1) is 0 Å². The van der Waals surface area contributed by atoms with Crippen molar-refractivity contribution in [3.63, 3.8) is 0 Å². The van der Waals surface area contributed by atoms with Gasteiger partial charge in [0.15, 0.2) is 5.58 Å². The van der Waals surface area contributed by atoms with Crippen molar-refractivity contribution in [3.8, 4) is 0 Å². The molecule has 0 radical (unpaired) electrons. The molecule has 0 spiro atoms. The number of anilines is 1. The Labute approximate surface area is 89.7 Å². The second-order valence-electron chi connectivity index (χ2n) is 4.27. The number of hydrogen-bond acceptors (Lipinski definition) is 3. The SMILES string of the molecule is CC(C)c1ccc2nc(N(C)C)oc2c1. The fraction of sp³-hybridized carbons (Fsp3) is 0.417. The third kappa shape index (κ3) is 1.82. The molecule has 80 valence electrons. The zero-order valence-electron chi connectivity index (χ0n) is 9.61. The standard InChI is InChI=1S/C12H16N2O/c1-8(2)9-5-6-10-11(7-9)15-12(13-10)14(3)4/h5-8H,1-4H3. The van der Waals surface area contributed by atoms with Gasteiger partial charge in [0.25, 0.3) is 6.01 Å². The summed E-state index contributed by atoms with van der Waals surface area (Å²) in [6.07, 6.45) is 0. The Morgan fingerprint density at radius 2 is 2.00 bits per heavy atom. The Morgan fingerprint density at radius 3 is 2.60 bits per heavy atom. The number of oxazole rings is 1. The highest BCUT2D eigenvalue weighted by Crippen LogP contribution is 2.24. The van der Waals surface area contributed by atoms with Gasteiger partial charge in [0.1, 0.15) is 5.52 Å². The highest BCUT2D eigenvalue weighted by molar-refractivity contribution is 5.75. The Bertz CT molecular complexity index is 465. The molecule has 1 aromatic carbocycles. The molecule has 3 nitrogen and oxygen atoms in total. The van der Waals surface area contributed by atoms with Gasteiger partial charge in [-0.15, -0.1) is 0 Å². The van der Waals surface area contributed by atoms with Gasteiger partial charge in [0, 0.05) is 14.1 Å². The first-order valence-corrected chi connectivity index (χ1v) is 5.15. The summed E-state index contributed by atoms with van der Waals surface area (Å²) in [7, 11) is 3.85. The van der Waals surface area contributed by atoms with E-state index in [0.717, 1.165) is 11.1 Å². The van der Waals surface area contributed by atoms with E-state index in [1.165, 1.54) is 5.56 Å². The first-order valence-electron chi connectivity index (χ1n) is 5.15. The van der Waals surface area contributed by atoms with Crippen LogP contribution in [0.15, 0.2) is 22.6 Å². The first-order chi connectivity index (χ1) is 7.08. The van der Waals surface area contributed by atoms with E-state index in [1.807, 2.05) is 25.1 Å². The fourth-order valence-corrected chi connectivity index (χ4v) is 1.48. The molecule has 0 aliphatic carbocycles. The summed E-state index contributed by atoms with van der Waals surface area (Å²) in [6.45, 7) is 4.34. The smallest absolute Gasteiger partial charge is 0.297 e. The van der Waals surface area contributed by atoms with E-state index in [-0.39, 0.29) is 0 Å². The third-order valence-electron chi connectivity index (χ3n) is 2.45. The highest BCUT2D eigenvalue weighted by atomic mass is 16.4. The molecular formula is C12H16N2O. The van der Waals surface area contributed by atoms with Gasteiger partial charge in [0.05, 0.1) is 0 Å². The molecular weight excluding hydrogens is 188 g/mol. The number of nitrogens with zero attached hydrogens (tertiary/aromatic N) is 2. The maximum absolute atomic E-state index is 5.64. The molecule has 0 N–H and O–H groups in total. The average Bonchev–Trinajstić information content (AvgIpc) is 2.59. The summed E-state index contributed by atoms with van der Waals surface area (Å²) < 4.78 is 5.64. The quantitative estimate of drug-likeness (QED) is 0.753. The lowest BCUT2D eigenvalue weighted by Gasteiger charge is -2.03. The Morgan fingerprint density at radius 1 is 1.27 bits per heavy atom. The number of benzene rings is 1. The summed E-state index contributed by atoms with van der Waals surface area (Å²) in [5, 5.41) is 0. The molecule has 0 fully saturated rings. The average molecular weight is 204 g/mol. The van der Waals surface area contributed by atoms with Gasteiger partial charge in [-0.2, -0.15) is 4.98 Å². The van der Waals surface area contributed by atoms with Crippen LogP contribution < -0.4 is 4.90 Å². The number of rotatable bonds is 2. The maximum Gasteiger partial charge on any atom is 0.297 e. The van der Waals surface area contributed by atoms with Crippen LogP contribution in [0.4, 0.5) is 6.01 Å². The zero-order valence-corrected chi connectivity index (χ0v) is 9.61. The van der Waals surface area contributed by atoms with Crippen LogP contribution in [0.3, 0.4) is 0 Å². The molecule has 0 saturated heterocycles. The van der Waals surface area contributed by atoms with Gasteiger partial charge in [-0.1, -0.05) is 19.9 Å². The molecule has 0 atom stereocenters. The highest BCUT2D eigenvalue weighted by Gasteiger charge is 2.08. The van der Waals surface area contributed by atoms with Gasteiger partial charge in [-0.3, -0.25) is 0 Å². The first kappa shape index (κ1) is 10.0. The normalized spacial score (nSPS) is 11.3. The predicted molar refractivity (Wildman–Crippen MR) is 62.4 cm³/mol. The molecule has 0 aliphatic heterocycles. The largest absolute Gasteiger partial charge is 0.423 e. The second kappa shape index (κ2) is 3.57. The van der Waals surface area contributed by atoms with Gasteiger partial charge >= 0.3 is 0 Å². The van der Waals surface area contributed by atoms with Gasteiger partial charge < -0.3 is 9.32 Å². The monoisotopic (exact) mass is 204 g/mol. The van der Waals surface area contributed by atoms with Crippen molar-refractivity contribution in [2.75, 3.05) is 19.0 Å². The van der Waals surface area contributed by atoms with Crippen LogP contribution in [0.25, 0.3) is 11.1 Å². The van der Waals surface area contributed by atoms with Gasteiger partial charge in [-0.05, 0) is 23.6 Å². The van der Waals surface area contributed by atoms with E-state index < -0.39 is 0 Å². The van der Waals surface area contributed by atoms with Crippen molar-refractivity contribution >= 4 is 17.1 Å². The molecule has 1 aromatic heterocycles. The van der Waals surface area contributed by atoms with Crippen molar-refractivity contribution < 1.29 is 4.42 Å². The van der Waals surface area contributed by atoms with E-state index in [2.05, 4.69) is 31.0 Å². The van der Waals surface area contributed by atoms with Crippen LogP contribution in [0.2, 0.25) is 0 Å². The molecule has 3 heteroatoms. The van der Waals surface area contributed by atoms with Crippen molar-refractivity contribution in [1.82, 2.24) is 4.98 Å². The van der Waals surface area contributed by atoms with E-state index in [4.69, 9.17) is 4.42 Å². The van der Waals surface area contributed by atoms with Gasteiger partial charge in [-0.25, -0.2) is 0 Å². The Hall–Kier alpha value is -1.51. The van der Waals surface area contributed by atoms with Crippen molar-refractivity contribution in [3.05, 3.63) is 23.8 Å². The van der Waals surface area contributed by atoms with Crippen molar-refractivity contribution in [2.24, 2.45) is 0 Å². The summed E-state index contributed by atoms with van der Waals surface area (Å²) in [5.41, 5.74) is 3.07. The summed E-state index contributed by atoms with van der Waals surface area (Å²) in [5.74, 6) is 0.516. The second-order valence-corrected chi connectivity index (χ2v) is 4.27. The molecule has 15 heavy (non-hydrogen) atoms. The summed E-state index contributed by atoms with van der Waals surface area (Å²) in [6, 6.07) is 6.85. The molecule has 0 bridgehead atoms. The van der Waals surface area contributed by atoms with E-state index in [9.17, 15) is 0 Å². The predicted octanol–water partition coefficient (Wildman–Crippen LogP) is 3.02. The topological polar surface area (TPSA) is 29.3 Å². The minimum atomic E-state index is 0.516. The molecule has 0 saturated carbocycles. The molecule has 2 rings (SSSR count). The van der Waals surface area contributed by atoms with Crippen molar-refractivity contribution in [2.45, 2.75) is 19.8 Å². The van der Waals surface area contributed by atoms with E-state index in [1.54, 1.807) is 0 Å². The fourth-order valence-electron chi connectivity index (χ4n) is 1.48. The van der Waals surface area contributed by atoms with Crippen molar-refractivity contribution in [1.29, 1.82) is 0 Å². The lowest BCUT2D eigenvalue weighted by Crippen LogP contribution is -2.08.